The first-order valence-corrected chi connectivity index (χ1v) is 8.80. The number of ether oxygens (including phenoxy) is 1. The lowest BCUT2D eigenvalue weighted by Gasteiger charge is -2.06. The molecule has 9 nitrogen and oxygen atoms in total. The van der Waals surface area contributed by atoms with Crippen LogP contribution in [0.1, 0.15) is 25.2 Å². The monoisotopic (exact) mass is 384 g/mol. The normalized spacial score (nSPS) is 11.4. The largest absolute Gasteiger partial charge is 0.482 e. The van der Waals surface area contributed by atoms with E-state index in [4.69, 9.17) is 9.84 Å². The maximum absolute atomic E-state index is 12.5. The Morgan fingerprint density at radius 1 is 1.14 bits per heavy atom. The number of carbonyl (C=O) groups is 1. The van der Waals surface area contributed by atoms with E-state index in [1.165, 1.54) is 9.13 Å². The Morgan fingerprint density at radius 3 is 2.43 bits per heavy atom. The molecule has 0 bridgehead atoms. The molecule has 2 heterocycles. The average molecular weight is 384 g/mol. The zero-order chi connectivity index (χ0) is 20.3. The second-order valence-corrected chi connectivity index (χ2v) is 5.98. The van der Waals surface area contributed by atoms with E-state index in [0.29, 0.717) is 29.3 Å². The highest BCUT2D eigenvalue weighted by Gasteiger charge is 2.14. The predicted molar refractivity (Wildman–Crippen MR) is 104 cm³/mol. The minimum atomic E-state index is -1.04. The van der Waals surface area contributed by atoms with E-state index in [0.717, 1.165) is 5.56 Å². The highest BCUT2D eigenvalue weighted by atomic mass is 16.5. The van der Waals surface area contributed by atoms with Crippen LogP contribution in [0, 0.1) is 0 Å². The minimum absolute atomic E-state index is 0.286. The summed E-state index contributed by atoms with van der Waals surface area (Å²) < 4.78 is 7.72. The maximum atomic E-state index is 12.5. The van der Waals surface area contributed by atoms with Gasteiger partial charge < -0.3 is 14.8 Å². The molecule has 0 radical (unpaired) electrons. The molecule has 0 aliphatic carbocycles. The van der Waals surface area contributed by atoms with Crippen molar-refractivity contribution in [2.45, 2.75) is 26.9 Å². The molecule has 146 valence electrons. The van der Waals surface area contributed by atoms with Gasteiger partial charge in [0.15, 0.2) is 12.3 Å². The summed E-state index contributed by atoms with van der Waals surface area (Å²) in [6, 6.07) is 6.86. The smallest absolute Gasteiger partial charge is 0.341 e. The van der Waals surface area contributed by atoms with Crippen molar-refractivity contribution in [2.24, 2.45) is 0 Å². The number of aryl methyl sites for hydroxylation is 1. The van der Waals surface area contributed by atoms with Crippen molar-refractivity contribution in [1.82, 2.24) is 19.1 Å². The summed E-state index contributed by atoms with van der Waals surface area (Å²) in [5.41, 5.74) is 0.697. The number of aliphatic carboxylic acids is 1. The van der Waals surface area contributed by atoms with Crippen LogP contribution in [0.2, 0.25) is 0 Å². The molecule has 3 rings (SSSR count). The second kappa shape index (κ2) is 7.95. The summed E-state index contributed by atoms with van der Waals surface area (Å²) in [5.74, 6) is -0.134. The third-order valence-electron chi connectivity index (χ3n) is 4.19. The average Bonchev–Trinajstić information content (AvgIpc) is 3.10. The molecule has 0 saturated heterocycles. The molecule has 0 unspecified atom stereocenters. The summed E-state index contributed by atoms with van der Waals surface area (Å²) in [6.07, 6.45) is 3.48. The van der Waals surface area contributed by atoms with Crippen LogP contribution in [0.4, 0.5) is 0 Å². The summed E-state index contributed by atoms with van der Waals surface area (Å²) in [7, 11) is 0. The highest BCUT2D eigenvalue weighted by Crippen LogP contribution is 2.15. The van der Waals surface area contributed by atoms with Crippen molar-refractivity contribution in [3.63, 3.8) is 0 Å². The fraction of sp³-hybridized carbons (Fsp3) is 0.263. The van der Waals surface area contributed by atoms with Crippen molar-refractivity contribution in [1.29, 1.82) is 0 Å². The fourth-order valence-electron chi connectivity index (χ4n) is 2.82. The minimum Gasteiger partial charge on any atom is -0.482 e. The van der Waals surface area contributed by atoms with Gasteiger partial charge >= 0.3 is 11.7 Å². The Kier molecular flexibility index (Phi) is 5.44. The number of aromatic nitrogens is 4. The molecule has 3 aromatic rings. The Morgan fingerprint density at radius 2 is 1.82 bits per heavy atom. The van der Waals surface area contributed by atoms with E-state index in [1.807, 2.05) is 6.92 Å². The quantitative estimate of drug-likeness (QED) is 0.638. The number of hydrogen-bond acceptors (Lipinski definition) is 5. The first-order chi connectivity index (χ1) is 13.4. The maximum Gasteiger partial charge on any atom is 0.341 e. The molecule has 0 fully saturated rings. The Labute approximate surface area is 159 Å². The molecule has 1 aromatic carbocycles. The molecule has 9 heteroatoms. The van der Waals surface area contributed by atoms with Gasteiger partial charge in [-0.05, 0) is 37.6 Å². The topological polar surface area (TPSA) is 119 Å². The number of nitrogens with one attached hydrogen (secondary N) is 1. The molecule has 0 atom stereocenters. The predicted octanol–water partition coefficient (Wildman–Crippen LogP) is 1.56. The van der Waals surface area contributed by atoms with Gasteiger partial charge in [-0.15, -0.1) is 0 Å². The number of hydrogen-bond donors (Lipinski definition) is 2. The summed E-state index contributed by atoms with van der Waals surface area (Å²) in [5, 5.41) is 8.61. The molecular weight excluding hydrogens is 364 g/mol. The van der Waals surface area contributed by atoms with Crippen molar-refractivity contribution >= 4 is 29.3 Å². The van der Waals surface area contributed by atoms with Crippen molar-refractivity contribution < 1.29 is 14.6 Å². The van der Waals surface area contributed by atoms with Crippen LogP contribution in [0.15, 0.2) is 33.9 Å². The van der Waals surface area contributed by atoms with Crippen LogP contribution in [0.25, 0.3) is 23.3 Å². The van der Waals surface area contributed by atoms with Gasteiger partial charge in [0, 0.05) is 13.1 Å². The molecule has 28 heavy (non-hydrogen) atoms. The molecule has 0 aliphatic rings. The fourth-order valence-corrected chi connectivity index (χ4v) is 2.82. The lowest BCUT2D eigenvalue weighted by atomic mass is 10.2. The first kappa shape index (κ1) is 19.2. The number of benzene rings is 1. The van der Waals surface area contributed by atoms with E-state index in [2.05, 4.69) is 9.97 Å². The number of rotatable bonds is 7. The van der Waals surface area contributed by atoms with Crippen molar-refractivity contribution in [3.05, 3.63) is 56.5 Å². The summed E-state index contributed by atoms with van der Waals surface area (Å²) in [6.45, 7) is 3.86. The lowest BCUT2D eigenvalue weighted by Crippen LogP contribution is -2.39. The van der Waals surface area contributed by atoms with E-state index >= 15 is 0 Å². The van der Waals surface area contributed by atoms with Gasteiger partial charge in [-0.25, -0.2) is 14.6 Å². The highest BCUT2D eigenvalue weighted by molar-refractivity contribution is 5.75. The number of fused-ring (bicyclic) bond motifs is 1. The SMILES string of the molecule is CCn1c(=O)c2[nH]c(C=Cc3ccc(OCC(=O)O)cc3)nc2n(CC)c1=O. The first-order valence-electron chi connectivity index (χ1n) is 8.80. The van der Waals surface area contributed by atoms with Crippen LogP contribution >= 0.6 is 0 Å². The lowest BCUT2D eigenvalue weighted by molar-refractivity contribution is -0.139. The molecule has 0 aliphatic heterocycles. The van der Waals surface area contributed by atoms with Crippen molar-refractivity contribution in [2.75, 3.05) is 6.61 Å². The van der Waals surface area contributed by atoms with E-state index in [9.17, 15) is 14.4 Å². The number of nitrogens with zero attached hydrogens (tertiary/aromatic N) is 3. The van der Waals surface area contributed by atoms with Gasteiger partial charge in [-0.1, -0.05) is 18.2 Å². The van der Waals surface area contributed by atoms with Crippen LogP contribution in [-0.4, -0.2) is 36.8 Å². The van der Waals surface area contributed by atoms with Gasteiger partial charge in [-0.2, -0.15) is 0 Å². The van der Waals surface area contributed by atoms with E-state index in [1.54, 1.807) is 43.3 Å². The van der Waals surface area contributed by atoms with Gasteiger partial charge in [0.1, 0.15) is 17.1 Å². The van der Waals surface area contributed by atoms with Gasteiger partial charge in [0.2, 0.25) is 0 Å². The van der Waals surface area contributed by atoms with Crippen LogP contribution in [-0.2, 0) is 17.9 Å². The molecule has 2 N–H and O–H groups in total. The van der Waals surface area contributed by atoms with E-state index < -0.39 is 12.6 Å². The molecule has 2 aromatic heterocycles. The van der Waals surface area contributed by atoms with Gasteiger partial charge in [0.05, 0.1) is 0 Å². The van der Waals surface area contributed by atoms with Crippen LogP contribution in [0.3, 0.4) is 0 Å². The molecule has 0 amide bonds. The summed E-state index contributed by atoms with van der Waals surface area (Å²) in [4.78, 5) is 42.7. The number of carboxylic acid groups (broad SMARTS) is 1. The Balaban J connectivity index is 1.90. The van der Waals surface area contributed by atoms with Crippen LogP contribution < -0.4 is 16.0 Å². The second-order valence-electron chi connectivity index (χ2n) is 5.98. The Hall–Kier alpha value is -3.62. The zero-order valence-corrected chi connectivity index (χ0v) is 15.5. The zero-order valence-electron chi connectivity index (χ0n) is 15.5. The molecular formula is C19H20N4O5. The van der Waals surface area contributed by atoms with Crippen molar-refractivity contribution in [3.8, 4) is 5.75 Å². The van der Waals surface area contributed by atoms with Crippen LogP contribution in [0.5, 0.6) is 5.75 Å². The Bertz CT molecular complexity index is 1150. The molecule has 0 saturated carbocycles. The number of aromatic amines is 1. The van der Waals surface area contributed by atoms with Gasteiger partial charge in [-0.3, -0.25) is 13.9 Å². The number of carboxylic acids is 1. The van der Waals surface area contributed by atoms with Gasteiger partial charge in [0.25, 0.3) is 5.56 Å². The third kappa shape index (κ3) is 3.73. The summed E-state index contributed by atoms with van der Waals surface area (Å²) >= 11 is 0. The molecule has 0 spiro atoms. The number of imidazole rings is 1. The third-order valence-corrected chi connectivity index (χ3v) is 4.19. The van der Waals surface area contributed by atoms with E-state index in [-0.39, 0.29) is 17.8 Å². The number of H-pyrrole nitrogens is 1. The standard InChI is InChI=1S/C19H20N4O5/c1-3-22-17-16(18(26)23(4-2)19(22)27)20-14(21-17)10-7-12-5-8-13(9-6-12)28-11-15(24)25/h5-10H,3-4,11H2,1-2H3,(H,20,21)(H,24,25).